The lowest BCUT2D eigenvalue weighted by Crippen LogP contribution is -2.05. The Hall–Kier alpha value is -2.43. The average molecular weight is 245 g/mol. The van der Waals surface area contributed by atoms with Gasteiger partial charge in [0.2, 0.25) is 5.91 Å². The van der Waals surface area contributed by atoms with Gasteiger partial charge in [-0.2, -0.15) is 0 Å². The molecule has 0 radical (unpaired) electrons. The summed E-state index contributed by atoms with van der Waals surface area (Å²) in [7, 11) is 0. The molecule has 0 spiro atoms. The van der Waals surface area contributed by atoms with Gasteiger partial charge in [0, 0.05) is 18.2 Å². The molecule has 92 valence electrons. The molecule has 1 aliphatic heterocycles. The Labute approximate surface area is 103 Å². The maximum atomic E-state index is 11.5. The lowest BCUT2D eigenvalue weighted by molar-refractivity contribution is -0.150. The molecule has 1 N–H and O–H groups in total. The maximum Gasteiger partial charge on any atom is 0.347 e. The quantitative estimate of drug-likeness (QED) is 0.633. The minimum absolute atomic E-state index is 0.173. The van der Waals surface area contributed by atoms with Gasteiger partial charge in [0.1, 0.15) is 0 Å². The Balaban J connectivity index is 2.33. The van der Waals surface area contributed by atoms with E-state index >= 15 is 0 Å². The third-order valence-corrected chi connectivity index (χ3v) is 2.56. The van der Waals surface area contributed by atoms with Crippen LogP contribution in [-0.2, 0) is 19.1 Å². The number of hydrogen-bond donors (Lipinski definition) is 1. The van der Waals surface area contributed by atoms with Crippen molar-refractivity contribution in [2.45, 2.75) is 13.8 Å². The first kappa shape index (κ1) is 12.0. The van der Waals surface area contributed by atoms with Crippen LogP contribution in [0.3, 0.4) is 0 Å². The van der Waals surface area contributed by atoms with Gasteiger partial charge in [0.15, 0.2) is 0 Å². The van der Waals surface area contributed by atoms with Crippen LogP contribution < -0.4 is 5.32 Å². The molecule has 1 amide bonds. The number of anilines is 1. The van der Waals surface area contributed by atoms with Crippen LogP contribution in [0, 0.1) is 0 Å². The summed E-state index contributed by atoms with van der Waals surface area (Å²) in [5.74, 6) is -1.42. The van der Waals surface area contributed by atoms with Crippen LogP contribution in [-0.4, -0.2) is 17.8 Å². The fourth-order valence-electron chi connectivity index (χ4n) is 1.72. The number of esters is 2. The minimum Gasteiger partial charge on any atom is -0.386 e. The highest BCUT2D eigenvalue weighted by atomic mass is 16.6. The molecule has 0 saturated carbocycles. The normalized spacial score (nSPS) is 14.8. The number of hydrogen-bond acceptors (Lipinski definition) is 4. The van der Waals surface area contributed by atoms with E-state index in [9.17, 15) is 14.4 Å². The molecule has 1 heterocycles. The lowest BCUT2D eigenvalue weighted by atomic mass is 10.0. The van der Waals surface area contributed by atoms with Crippen molar-refractivity contribution in [3.05, 3.63) is 35.4 Å². The van der Waals surface area contributed by atoms with E-state index in [1.54, 1.807) is 31.2 Å². The topological polar surface area (TPSA) is 72.5 Å². The minimum atomic E-state index is -0.634. The number of rotatable bonds is 2. The zero-order chi connectivity index (χ0) is 13.3. The third-order valence-electron chi connectivity index (χ3n) is 2.56. The highest BCUT2D eigenvalue weighted by Crippen LogP contribution is 2.27. The number of nitrogens with one attached hydrogen (secondary N) is 1. The number of ether oxygens (including phenoxy) is 1. The zero-order valence-electron chi connectivity index (χ0n) is 9.94. The molecule has 1 aromatic rings. The number of carbonyl (C=O) groups excluding carboxylic acids is 3. The third kappa shape index (κ3) is 2.15. The van der Waals surface area contributed by atoms with Gasteiger partial charge >= 0.3 is 11.9 Å². The Kier molecular flexibility index (Phi) is 2.97. The van der Waals surface area contributed by atoms with Gasteiger partial charge < -0.3 is 10.1 Å². The first-order valence-electron chi connectivity index (χ1n) is 5.34. The van der Waals surface area contributed by atoms with E-state index in [0.29, 0.717) is 16.8 Å². The van der Waals surface area contributed by atoms with Gasteiger partial charge in [-0.05, 0) is 24.6 Å². The molecule has 0 saturated heterocycles. The maximum absolute atomic E-state index is 11.5. The molecule has 0 fully saturated rings. The Morgan fingerprint density at radius 2 is 1.72 bits per heavy atom. The predicted octanol–water partition coefficient (Wildman–Crippen LogP) is 1.50. The molecule has 2 rings (SSSR count). The Morgan fingerprint density at radius 3 is 2.17 bits per heavy atom. The summed E-state index contributed by atoms with van der Waals surface area (Å²) >= 11 is 0. The first-order valence-corrected chi connectivity index (χ1v) is 5.34. The molecule has 0 unspecified atom stereocenters. The second kappa shape index (κ2) is 4.44. The number of carbonyl (C=O) groups is 3. The number of amides is 1. The van der Waals surface area contributed by atoms with Crippen LogP contribution in [0.2, 0.25) is 0 Å². The second-order valence-corrected chi connectivity index (χ2v) is 3.94. The SMILES string of the molecule is CC(=O)Nc1ccc(C2=C(C)C(=O)OC2=O)cc1. The van der Waals surface area contributed by atoms with Crippen molar-refractivity contribution < 1.29 is 19.1 Å². The van der Waals surface area contributed by atoms with E-state index in [1.807, 2.05) is 0 Å². The molecular formula is C13H11NO4. The largest absolute Gasteiger partial charge is 0.386 e. The summed E-state index contributed by atoms with van der Waals surface area (Å²) in [6.07, 6.45) is 0. The second-order valence-electron chi connectivity index (χ2n) is 3.94. The summed E-state index contributed by atoms with van der Waals surface area (Å²) in [5, 5.41) is 2.62. The van der Waals surface area contributed by atoms with Gasteiger partial charge in [0.25, 0.3) is 0 Å². The highest BCUT2D eigenvalue weighted by Gasteiger charge is 2.30. The summed E-state index contributed by atoms with van der Waals surface area (Å²) in [6, 6.07) is 6.63. The van der Waals surface area contributed by atoms with Crippen molar-refractivity contribution in [1.82, 2.24) is 0 Å². The van der Waals surface area contributed by atoms with E-state index in [0.717, 1.165) is 0 Å². The summed E-state index contributed by atoms with van der Waals surface area (Å²) in [5.41, 5.74) is 1.79. The van der Waals surface area contributed by atoms with E-state index in [1.165, 1.54) is 6.92 Å². The summed E-state index contributed by atoms with van der Waals surface area (Å²) in [6.45, 7) is 2.96. The molecule has 5 heteroatoms. The van der Waals surface area contributed by atoms with Crippen LogP contribution in [0.15, 0.2) is 29.8 Å². The molecule has 18 heavy (non-hydrogen) atoms. The van der Waals surface area contributed by atoms with Crippen molar-refractivity contribution in [3.8, 4) is 0 Å². The van der Waals surface area contributed by atoms with Crippen LogP contribution >= 0.6 is 0 Å². The van der Waals surface area contributed by atoms with Crippen LogP contribution in [0.4, 0.5) is 5.69 Å². The van der Waals surface area contributed by atoms with E-state index < -0.39 is 11.9 Å². The van der Waals surface area contributed by atoms with Crippen molar-refractivity contribution in [3.63, 3.8) is 0 Å². The smallest absolute Gasteiger partial charge is 0.347 e. The zero-order valence-corrected chi connectivity index (χ0v) is 9.94. The van der Waals surface area contributed by atoms with Crippen LogP contribution in [0.1, 0.15) is 19.4 Å². The predicted molar refractivity (Wildman–Crippen MR) is 64.4 cm³/mol. The molecule has 0 aliphatic carbocycles. The van der Waals surface area contributed by atoms with E-state index in [2.05, 4.69) is 10.1 Å². The Morgan fingerprint density at radius 1 is 1.11 bits per heavy atom. The monoisotopic (exact) mass is 245 g/mol. The van der Waals surface area contributed by atoms with Gasteiger partial charge in [-0.3, -0.25) is 4.79 Å². The van der Waals surface area contributed by atoms with Gasteiger partial charge in [-0.15, -0.1) is 0 Å². The number of cyclic esters (lactones) is 2. The highest BCUT2D eigenvalue weighted by molar-refractivity contribution is 6.30. The van der Waals surface area contributed by atoms with Crippen molar-refractivity contribution in [2.75, 3.05) is 5.32 Å². The lowest BCUT2D eigenvalue weighted by Gasteiger charge is -2.04. The van der Waals surface area contributed by atoms with Crippen molar-refractivity contribution >= 4 is 29.1 Å². The average Bonchev–Trinajstić information content (AvgIpc) is 2.54. The molecule has 0 aromatic heterocycles. The number of benzene rings is 1. The van der Waals surface area contributed by atoms with Crippen LogP contribution in [0.5, 0.6) is 0 Å². The van der Waals surface area contributed by atoms with Gasteiger partial charge in [-0.25, -0.2) is 9.59 Å². The summed E-state index contributed by atoms with van der Waals surface area (Å²) in [4.78, 5) is 33.6. The van der Waals surface area contributed by atoms with Crippen LogP contribution in [0.25, 0.3) is 5.57 Å². The van der Waals surface area contributed by atoms with Crippen molar-refractivity contribution in [2.24, 2.45) is 0 Å². The Bertz CT molecular complexity index is 569. The van der Waals surface area contributed by atoms with Gasteiger partial charge in [-0.1, -0.05) is 12.1 Å². The van der Waals surface area contributed by atoms with Crippen molar-refractivity contribution in [1.29, 1.82) is 0 Å². The molecule has 1 aromatic carbocycles. The van der Waals surface area contributed by atoms with E-state index in [-0.39, 0.29) is 11.5 Å². The first-order chi connectivity index (χ1) is 8.49. The molecule has 1 aliphatic rings. The summed E-state index contributed by atoms with van der Waals surface area (Å²) < 4.78 is 4.51. The fourth-order valence-corrected chi connectivity index (χ4v) is 1.72. The van der Waals surface area contributed by atoms with E-state index in [4.69, 9.17) is 0 Å². The van der Waals surface area contributed by atoms with Gasteiger partial charge in [0.05, 0.1) is 5.57 Å². The molecule has 5 nitrogen and oxygen atoms in total. The molecule has 0 bridgehead atoms. The molecular weight excluding hydrogens is 234 g/mol. The molecule has 0 atom stereocenters. The fraction of sp³-hybridized carbons (Fsp3) is 0.154. The standard InChI is InChI=1S/C13H11NO4/c1-7-11(13(17)18-12(7)16)9-3-5-10(6-4-9)14-8(2)15/h3-6H,1-2H3,(H,14,15).